The SMILES string of the molecule is COCCN(Cc1ccccc1)C(=O)c1ccc(-c2nnc(-c3ccc(C)cc3)o2)cc1. The Morgan fingerprint density at radius 2 is 1.47 bits per heavy atom. The summed E-state index contributed by atoms with van der Waals surface area (Å²) in [6.07, 6.45) is 0. The van der Waals surface area contributed by atoms with Crippen molar-refractivity contribution in [3.63, 3.8) is 0 Å². The summed E-state index contributed by atoms with van der Waals surface area (Å²) in [4.78, 5) is 14.9. The van der Waals surface area contributed by atoms with Gasteiger partial charge in [-0.05, 0) is 48.9 Å². The molecule has 162 valence electrons. The third-order valence-corrected chi connectivity index (χ3v) is 5.17. The molecule has 0 spiro atoms. The molecule has 6 nitrogen and oxygen atoms in total. The van der Waals surface area contributed by atoms with Crippen LogP contribution in [0.1, 0.15) is 21.5 Å². The molecule has 0 radical (unpaired) electrons. The lowest BCUT2D eigenvalue weighted by Crippen LogP contribution is -2.33. The van der Waals surface area contributed by atoms with Crippen LogP contribution in [0.15, 0.2) is 83.3 Å². The van der Waals surface area contributed by atoms with Crippen LogP contribution in [0.4, 0.5) is 0 Å². The molecule has 32 heavy (non-hydrogen) atoms. The van der Waals surface area contributed by atoms with Gasteiger partial charge in [-0.1, -0.05) is 48.0 Å². The molecule has 0 fully saturated rings. The number of aromatic nitrogens is 2. The number of hydrogen-bond donors (Lipinski definition) is 0. The van der Waals surface area contributed by atoms with Gasteiger partial charge >= 0.3 is 0 Å². The molecule has 3 aromatic carbocycles. The smallest absolute Gasteiger partial charge is 0.254 e. The zero-order valence-corrected chi connectivity index (χ0v) is 18.2. The van der Waals surface area contributed by atoms with E-state index in [9.17, 15) is 4.79 Å². The molecule has 0 bridgehead atoms. The number of ether oxygens (including phenoxy) is 1. The van der Waals surface area contributed by atoms with E-state index in [0.29, 0.717) is 37.0 Å². The second-order valence-corrected chi connectivity index (χ2v) is 7.56. The molecule has 0 aliphatic heterocycles. The summed E-state index contributed by atoms with van der Waals surface area (Å²) in [7, 11) is 1.63. The number of nitrogens with zero attached hydrogens (tertiary/aromatic N) is 3. The standard InChI is InChI=1S/C26H25N3O3/c1-19-8-10-21(11-9-19)24-27-28-25(32-24)22-12-14-23(15-13-22)26(30)29(16-17-31-2)18-20-6-4-3-5-7-20/h3-15H,16-18H2,1-2H3. The molecule has 4 rings (SSSR count). The van der Waals surface area contributed by atoms with E-state index >= 15 is 0 Å². The van der Waals surface area contributed by atoms with Crippen molar-refractivity contribution < 1.29 is 13.9 Å². The average Bonchev–Trinajstić information content (AvgIpc) is 3.33. The van der Waals surface area contributed by atoms with E-state index in [1.54, 1.807) is 24.1 Å². The summed E-state index contributed by atoms with van der Waals surface area (Å²) in [5, 5.41) is 8.32. The Morgan fingerprint density at radius 1 is 0.875 bits per heavy atom. The largest absolute Gasteiger partial charge is 0.416 e. The highest BCUT2D eigenvalue weighted by atomic mass is 16.5. The van der Waals surface area contributed by atoms with E-state index in [2.05, 4.69) is 10.2 Å². The molecule has 0 aliphatic carbocycles. The van der Waals surface area contributed by atoms with E-state index in [-0.39, 0.29) is 5.91 Å². The number of carbonyl (C=O) groups excluding carboxylic acids is 1. The highest BCUT2D eigenvalue weighted by Crippen LogP contribution is 2.24. The molecule has 0 saturated carbocycles. The van der Waals surface area contributed by atoms with Crippen molar-refractivity contribution in [2.24, 2.45) is 0 Å². The maximum absolute atomic E-state index is 13.1. The van der Waals surface area contributed by atoms with E-state index in [0.717, 1.165) is 16.7 Å². The lowest BCUT2D eigenvalue weighted by molar-refractivity contribution is 0.0680. The normalized spacial score (nSPS) is 10.8. The number of hydrogen-bond acceptors (Lipinski definition) is 5. The summed E-state index contributed by atoms with van der Waals surface area (Å²) in [5.74, 6) is 0.831. The van der Waals surface area contributed by atoms with Crippen molar-refractivity contribution in [2.45, 2.75) is 13.5 Å². The minimum atomic E-state index is -0.0525. The first-order valence-corrected chi connectivity index (χ1v) is 10.5. The molecular weight excluding hydrogens is 402 g/mol. The first-order chi connectivity index (χ1) is 15.6. The number of aryl methyl sites for hydroxylation is 1. The van der Waals surface area contributed by atoms with Gasteiger partial charge in [0.05, 0.1) is 6.61 Å². The minimum absolute atomic E-state index is 0.0525. The fourth-order valence-electron chi connectivity index (χ4n) is 3.35. The first kappa shape index (κ1) is 21.5. The average molecular weight is 428 g/mol. The van der Waals surface area contributed by atoms with Gasteiger partial charge in [-0.2, -0.15) is 0 Å². The fourth-order valence-corrected chi connectivity index (χ4v) is 3.35. The number of carbonyl (C=O) groups is 1. The van der Waals surface area contributed by atoms with Crippen LogP contribution >= 0.6 is 0 Å². The van der Waals surface area contributed by atoms with Crippen molar-refractivity contribution >= 4 is 5.91 Å². The lowest BCUT2D eigenvalue weighted by atomic mass is 10.1. The van der Waals surface area contributed by atoms with Gasteiger partial charge in [0, 0.05) is 36.9 Å². The van der Waals surface area contributed by atoms with Gasteiger partial charge in [0.1, 0.15) is 0 Å². The summed E-state index contributed by atoms with van der Waals surface area (Å²) >= 11 is 0. The number of benzene rings is 3. The molecule has 0 saturated heterocycles. The van der Waals surface area contributed by atoms with Gasteiger partial charge in [0.2, 0.25) is 11.8 Å². The highest BCUT2D eigenvalue weighted by Gasteiger charge is 2.17. The Hall–Kier alpha value is -3.77. The highest BCUT2D eigenvalue weighted by molar-refractivity contribution is 5.94. The second kappa shape index (κ2) is 10.0. The van der Waals surface area contributed by atoms with Crippen LogP contribution in [0, 0.1) is 6.92 Å². The summed E-state index contributed by atoms with van der Waals surface area (Å²) in [6.45, 7) is 3.53. The first-order valence-electron chi connectivity index (χ1n) is 10.5. The molecule has 4 aromatic rings. The van der Waals surface area contributed by atoms with E-state index < -0.39 is 0 Å². The van der Waals surface area contributed by atoms with Crippen molar-refractivity contribution in [1.82, 2.24) is 15.1 Å². The Balaban J connectivity index is 1.50. The summed E-state index contributed by atoms with van der Waals surface area (Å²) in [6, 6.07) is 25.1. The molecule has 1 aromatic heterocycles. The minimum Gasteiger partial charge on any atom is -0.416 e. The quantitative estimate of drug-likeness (QED) is 0.396. The number of amides is 1. The molecule has 6 heteroatoms. The Morgan fingerprint density at radius 3 is 2.06 bits per heavy atom. The maximum atomic E-state index is 13.1. The second-order valence-electron chi connectivity index (χ2n) is 7.56. The van der Waals surface area contributed by atoms with Gasteiger partial charge < -0.3 is 14.1 Å². The van der Waals surface area contributed by atoms with Crippen LogP contribution in [0.3, 0.4) is 0 Å². The van der Waals surface area contributed by atoms with Crippen molar-refractivity contribution in [3.05, 3.63) is 95.6 Å². The fraction of sp³-hybridized carbons (Fsp3) is 0.192. The van der Waals surface area contributed by atoms with Gasteiger partial charge in [0.15, 0.2) is 0 Å². The van der Waals surface area contributed by atoms with E-state index in [1.165, 1.54) is 5.56 Å². The molecular formula is C26H25N3O3. The van der Waals surface area contributed by atoms with Crippen LogP contribution in [-0.4, -0.2) is 41.3 Å². The van der Waals surface area contributed by atoms with Gasteiger partial charge in [-0.25, -0.2) is 0 Å². The molecule has 0 N–H and O–H groups in total. The van der Waals surface area contributed by atoms with Crippen LogP contribution in [0.25, 0.3) is 22.9 Å². The molecule has 0 atom stereocenters. The van der Waals surface area contributed by atoms with Crippen LogP contribution in [0.5, 0.6) is 0 Å². The third-order valence-electron chi connectivity index (χ3n) is 5.17. The van der Waals surface area contributed by atoms with Crippen molar-refractivity contribution in [2.75, 3.05) is 20.3 Å². The van der Waals surface area contributed by atoms with Crippen LogP contribution < -0.4 is 0 Å². The Labute approximate surface area is 187 Å². The maximum Gasteiger partial charge on any atom is 0.254 e. The molecule has 0 aliphatic rings. The van der Waals surface area contributed by atoms with Gasteiger partial charge in [-0.3, -0.25) is 4.79 Å². The topological polar surface area (TPSA) is 68.5 Å². The number of methoxy groups -OCH3 is 1. The Bertz CT molecular complexity index is 1150. The van der Waals surface area contributed by atoms with Crippen molar-refractivity contribution in [3.8, 4) is 22.9 Å². The molecule has 1 amide bonds. The monoisotopic (exact) mass is 427 g/mol. The van der Waals surface area contributed by atoms with Gasteiger partial charge in [0.25, 0.3) is 5.91 Å². The van der Waals surface area contributed by atoms with Crippen LogP contribution in [0.2, 0.25) is 0 Å². The predicted molar refractivity (Wildman–Crippen MR) is 123 cm³/mol. The summed E-state index contributed by atoms with van der Waals surface area (Å²) in [5.41, 5.74) is 4.47. The predicted octanol–water partition coefficient (Wildman–Crippen LogP) is 5.00. The molecule has 1 heterocycles. The third kappa shape index (κ3) is 5.10. The lowest BCUT2D eigenvalue weighted by Gasteiger charge is -2.22. The Kier molecular flexibility index (Phi) is 6.72. The van der Waals surface area contributed by atoms with Crippen molar-refractivity contribution in [1.29, 1.82) is 0 Å². The van der Waals surface area contributed by atoms with Gasteiger partial charge in [-0.15, -0.1) is 10.2 Å². The zero-order valence-electron chi connectivity index (χ0n) is 18.2. The zero-order chi connectivity index (χ0) is 22.3. The van der Waals surface area contributed by atoms with E-state index in [4.69, 9.17) is 9.15 Å². The number of rotatable bonds is 8. The van der Waals surface area contributed by atoms with Crippen LogP contribution in [-0.2, 0) is 11.3 Å². The summed E-state index contributed by atoms with van der Waals surface area (Å²) < 4.78 is 11.0. The van der Waals surface area contributed by atoms with E-state index in [1.807, 2.05) is 73.7 Å². The molecule has 0 unspecified atom stereocenters.